The summed E-state index contributed by atoms with van der Waals surface area (Å²) in [5.74, 6) is 1.47. The van der Waals surface area contributed by atoms with Crippen LogP contribution in [0.15, 0.2) is 66.7 Å². The van der Waals surface area contributed by atoms with Gasteiger partial charge in [-0.15, -0.1) is 0 Å². The van der Waals surface area contributed by atoms with Crippen LogP contribution in [0.3, 0.4) is 0 Å². The Labute approximate surface area is 182 Å². The third-order valence-corrected chi connectivity index (χ3v) is 4.89. The standard InChI is InChI=1S/C25H26ClNO3/c1-18-5-10-22(11-6-18)29-15-3-4-16-30-23-12-7-20(8-13-23)25(28)27-24-14-9-21(26)17-19(24)2/h5-14,17H,3-4,15-16H2,1-2H3,(H,27,28). The van der Waals surface area contributed by atoms with E-state index in [9.17, 15) is 4.79 Å². The van der Waals surface area contributed by atoms with E-state index in [2.05, 4.69) is 12.2 Å². The molecule has 30 heavy (non-hydrogen) atoms. The van der Waals surface area contributed by atoms with Crippen molar-refractivity contribution in [2.24, 2.45) is 0 Å². The molecule has 0 atom stereocenters. The second kappa shape index (κ2) is 10.7. The van der Waals surface area contributed by atoms with Gasteiger partial charge in [0.2, 0.25) is 0 Å². The Morgan fingerprint density at radius 1 is 0.833 bits per heavy atom. The first-order chi connectivity index (χ1) is 14.5. The zero-order valence-electron chi connectivity index (χ0n) is 17.3. The van der Waals surface area contributed by atoms with E-state index < -0.39 is 0 Å². The Morgan fingerprint density at radius 3 is 1.97 bits per heavy atom. The Kier molecular flexibility index (Phi) is 7.75. The number of benzene rings is 3. The molecule has 0 spiro atoms. The van der Waals surface area contributed by atoms with Crippen LogP contribution in [-0.4, -0.2) is 19.1 Å². The van der Waals surface area contributed by atoms with Gasteiger partial charge in [-0.2, -0.15) is 0 Å². The molecule has 1 N–H and O–H groups in total. The van der Waals surface area contributed by atoms with Crippen molar-refractivity contribution in [1.29, 1.82) is 0 Å². The number of hydrogen-bond acceptors (Lipinski definition) is 3. The summed E-state index contributed by atoms with van der Waals surface area (Å²) >= 11 is 5.96. The molecule has 3 aromatic rings. The summed E-state index contributed by atoms with van der Waals surface area (Å²) in [6.07, 6.45) is 1.80. The predicted octanol–water partition coefficient (Wildman–Crippen LogP) is 6.45. The number of anilines is 1. The van der Waals surface area contributed by atoms with Crippen molar-refractivity contribution in [2.45, 2.75) is 26.7 Å². The zero-order chi connectivity index (χ0) is 21.3. The highest BCUT2D eigenvalue weighted by Crippen LogP contribution is 2.21. The Hall–Kier alpha value is -2.98. The van der Waals surface area contributed by atoms with Crippen molar-refractivity contribution in [1.82, 2.24) is 0 Å². The minimum Gasteiger partial charge on any atom is -0.494 e. The molecular formula is C25H26ClNO3. The normalized spacial score (nSPS) is 10.5. The van der Waals surface area contributed by atoms with Gasteiger partial charge >= 0.3 is 0 Å². The van der Waals surface area contributed by atoms with Crippen LogP contribution < -0.4 is 14.8 Å². The number of aryl methyl sites for hydroxylation is 2. The highest BCUT2D eigenvalue weighted by molar-refractivity contribution is 6.30. The number of unbranched alkanes of at least 4 members (excludes halogenated alkanes) is 1. The van der Waals surface area contributed by atoms with Gasteiger partial charge in [0, 0.05) is 16.3 Å². The van der Waals surface area contributed by atoms with Gasteiger partial charge in [0.25, 0.3) is 5.91 Å². The van der Waals surface area contributed by atoms with E-state index in [4.69, 9.17) is 21.1 Å². The third kappa shape index (κ3) is 6.53. The van der Waals surface area contributed by atoms with Gasteiger partial charge in [-0.05, 0) is 86.8 Å². The molecule has 3 rings (SSSR count). The molecule has 4 nitrogen and oxygen atoms in total. The van der Waals surface area contributed by atoms with Gasteiger partial charge in [0.1, 0.15) is 11.5 Å². The zero-order valence-corrected chi connectivity index (χ0v) is 18.0. The molecule has 0 bridgehead atoms. The van der Waals surface area contributed by atoms with Crippen molar-refractivity contribution >= 4 is 23.2 Å². The van der Waals surface area contributed by atoms with Gasteiger partial charge < -0.3 is 14.8 Å². The average Bonchev–Trinajstić information content (AvgIpc) is 2.74. The smallest absolute Gasteiger partial charge is 0.255 e. The molecule has 0 aromatic heterocycles. The van der Waals surface area contributed by atoms with E-state index in [1.807, 2.05) is 49.4 Å². The number of ether oxygens (including phenoxy) is 2. The minimum absolute atomic E-state index is 0.166. The van der Waals surface area contributed by atoms with Crippen LogP contribution in [0.4, 0.5) is 5.69 Å². The van der Waals surface area contributed by atoms with Crippen LogP contribution in [0.25, 0.3) is 0 Å². The van der Waals surface area contributed by atoms with Crippen LogP contribution in [0, 0.1) is 13.8 Å². The predicted molar refractivity (Wildman–Crippen MR) is 122 cm³/mol. The highest BCUT2D eigenvalue weighted by Gasteiger charge is 2.08. The first-order valence-electron chi connectivity index (χ1n) is 10.0. The molecule has 0 aliphatic carbocycles. The molecule has 0 radical (unpaired) electrons. The number of amides is 1. The summed E-state index contributed by atoms with van der Waals surface area (Å²) in [4.78, 5) is 12.4. The molecule has 0 fully saturated rings. The van der Waals surface area contributed by atoms with E-state index in [-0.39, 0.29) is 5.91 Å². The van der Waals surface area contributed by atoms with Crippen molar-refractivity contribution in [3.63, 3.8) is 0 Å². The summed E-state index contributed by atoms with van der Waals surface area (Å²) < 4.78 is 11.5. The summed E-state index contributed by atoms with van der Waals surface area (Å²) in [5, 5.41) is 3.55. The van der Waals surface area contributed by atoms with Crippen LogP contribution >= 0.6 is 11.6 Å². The van der Waals surface area contributed by atoms with Crippen LogP contribution in [-0.2, 0) is 0 Å². The monoisotopic (exact) mass is 423 g/mol. The maximum atomic E-state index is 12.4. The molecule has 0 unspecified atom stereocenters. The van der Waals surface area contributed by atoms with Gasteiger partial charge in [0.15, 0.2) is 0 Å². The lowest BCUT2D eigenvalue weighted by atomic mass is 10.1. The SMILES string of the molecule is Cc1ccc(OCCCCOc2ccc(C(=O)Nc3ccc(Cl)cc3C)cc2)cc1. The molecule has 0 heterocycles. The molecule has 1 amide bonds. The lowest BCUT2D eigenvalue weighted by Gasteiger charge is -2.10. The fourth-order valence-electron chi connectivity index (χ4n) is 2.88. The van der Waals surface area contributed by atoms with Gasteiger partial charge in [0.05, 0.1) is 13.2 Å². The summed E-state index contributed by atoms with van der Waals surface area (Å²) in [6.45, 7) is 5.23. The lowest BCUT2D eigenvalue weighted by Crippen LogP contribution is -2.12. The topological polar surface area (TPSA) is 47.6 Å². The average molecular weight is 424 g/mol. The molecule has 0 aliphatic heterocycles. The van der Waals surface area contributed by atoms with E-state index in [1.54, 1.807) is 24.3 Å². The fraction of sp³-hybridized carbons (Fsp3) is 0.240. The summed E-state index contributed by atoms with van der Waals surface area (Å²) in [7, 11) is 0. The first kappa shape index (κ1) is 21.7. The Bertz CT molecular complexity index is 969. The Balaban J connectivity index is 1.38. The van der Waals surface area contributed by atoms with Gasteiger partial charge in [-0.25, -0.2) is 0 Å². The number of halogens is 1. The quantitative estimate of drug-likeness (QED) is 0.402. The number of rotatable bonds is 9. The second-order valence-electron chi connectivity index (χ2n) is 7.15. The lowest BCUT2D eigenvalue weighted by molar-refractivity contribution is 0.102. The Morgan fingerprint density at radius 2 is 1.40 bits per heavy atom. The molecule has 5 heteroatoms. The summed E-state index contributed by atoms with van der Waals surface area (Å²) in [5.41, 5.74) is 3.46. The van der Waals surface area contributed by atoms with E-state index >= 15 is 0 Å². The molecule has 0 saturated heterocycles. The third-order valence-electron chi connectivity index (χ3n) is 4.65. The largest absolute Gasteiger partial charge is 0.494 e. The molecule has 0 saturated carbocycles. The van der Waals surface area contributed by atoms with E-state index in [1.165, 1.54) is 5.56 Å². The van der Waals surface area contributed by atoms with Gasteiger partial charge in [-0.3, -0.25) is 4.79 Å². The minimum atomic E-state index is -0.166. The van der Waals surface area contributed by atoms with E-state index in [0.717, 1.165) is 35.6 Å². The maximum absolute atomic E-state index is 12.4. The van der Waals surface area contributed by atoms with Gasteiger partial charge in [-0.1, -0.05) is 29.3 Å². The number of carbonyl (C=O) groups excluding carboxylic acids is 1. The number of hydrogen-bond donors (Lipinski definition) is 1. The molecule has 156 valence electrons. The van der Waals surface area contributed by atoms with Crippen molar-refractivity contribution in [2.75, 3.05) is 18.5 Å². The van der Waals surface area contributed by atoms with Crippen LogP contribution in [0.2, 0.25) is 5.02 Å². The van der Waals surface area contributed by atoms with Crippen molar-refractivity contribution in [3.8, 4) is 11.5 Å². The van der Waals surface area contributed by atoms with E-state index in [0.29, 0.717) is 23.8 Å². The van der Waals surface area contributed by atoms with Crippen molar-refractivity contribution in [3.05, 3.63) is 88.4 Å². The second-order valence-corrected chi connectivity index (χ2v) is 7.59. The summed E-state index contributed by atoms with van der Waals surface area (Å²) in [6, 6.07) is 20.6. The fourth-order valence-corrected chi connectivity index (χ4v) is 3.11. The highest BCUT2D eigenvalue weighted by atomic mass is 35.5. The molecule has 0 aliphatic rings. The number of nitrogens with one attached hydrogen (secondary N) is 1. The van der Waals surface area contributed by atoms with Crippen LogP contribution in [0.1, 0.15) is 34.3 Å². The molecule has 3 aromatic carbocycles. The number of carbonyl (C=O) groups is 1. The molecular weight excluding hydrogens is 398 g/mol. The van der Waals surface area contributed by atoms with Crippen LogP contribution in [0.5, 0.6) is 11.5 Å². The first-order valence-corrected chi connectivity index (χ1v) is 10.4. The van der Waals surface area contributed by atoms with Crippen molar-refractivity contribution < 1.29 is 14.3 Å². The maximum Gasteiger partial charge on any atom is 0.255 e.